The molecule has 0 aliphatic carbocycles. The molecule has 96 valence electrons. The van der Waals surface area contributed by atoms with E-state index in [1.807, 2.05) is 37.3 Å². The lowest BCUT2D eigenvalue weighted by molar-refractivity contribution is 0.0755. The molecule has 0 saturated carbocycles. The van der Waals surface area contributed by atoms with E-state index >= 15 is 0 Å². The van der Waals surface area contributed by atoms with Gasteiger partial charge in [-0.2, -0.15) is 8.42 Å². The van der Waals surface area contributed by atoms with E-state index in [1.54, 1.807) is 0 Å². The first-order valence-corrected chi connectivity index (χ1v) is 7.25. The van der Waals surface area contributed by atoms with Crippen molar-refractivity contribution in [3.8, 4) is 0 Å². The highest BCUT2D eigenvalue weighted by Crippen LogP contribution is 2.04. The maximum absolute atomic E-state index is 10.8. The fourth-order valence-electron chi connectivity index (χ4n) is 1.24. The van der Waals surface area contributed by atoms with Crippen molar-refractivity contribution in [1.29, 1.82) is 0 Å². The molecule has 17 heavy (non-hydrogen) atoms. The highest BCUT2D eigenvalue weighted by atomic mass is 32.2. The lowest BCUT2D eigenvalue weighted by atomic mass is 10.2. The lowest BCUT2D eigenvalue weighted by Crippen LogP contribution is -2.15. The van der Waals surface area contributed by atoms with Gasteiger partial charge in [-0.1, -0.05) is 37.3 Å². The second-order valence-electron chi connectivity index (χ2n) is 4.09. The fraction of sp³-hybridized carbons (Fsp3) is 0.500. The van der Waals surface area contributed by atoms with Gasteiger partial charge in [-0.25, -0.2) is 0 Å². The fourth-order valence-corrected chi connectivity index (χ4v) is 1.72. The van der Waals surface area contributed by atoms with Crippen molar-refractivity contribution in [3.05, 3.63) is 35.9 Å². The Bertz CT molecular complexity index is 413. The largest absolute Gasteiger partial charge is 0.376 e. The van der Waals surface area contributed by atoms with Gasteiger partial charge in [0.15, 0.2) is 0 Å². The van der Waals surface area contributed by atoms with Crippen molar-refractivity contribution in [1.82, 2.24) is 0 Å². The summed E-state index contributed by atoms with van der Waals surface area (Å²) in [5.41, 5.74) is 1.10. The third-order valence-corrected chi connectivity index (χ3v) is 2.64. The second-order valence-corrected chi connectivity index (χ2v) is 5.74. The molecule has 1 unspecified atom stereocenters. The first-order valence-electron chi connectivity index (χ1n) is 5.43. The zero-order valence-electron chi connectivity index (χ0n) is 10.1. The predicted octanol–water partition coefficient (Wildman–Crippen LogP) is 1.82. The van der Waals surface area contributed by atoms with Crippen molar-refractivity contribution >= 4 is 10.1 Å². The Kier molecular flexibility index (Phi) is 5.61. The average molecular weight is 258 g/mol. The van der Waals surface area contributed by atoms with Crippen molar-refractivity contribution in [2.24, 2.45) is 5.92 Å². The van der Waals surface area contributed by atoms with E-state index in [4.69, 9.17) is 4.74 Å². The molecule has 0 aromatic heterocycles. The standard InChI is InChI=1S/C12H18O4S/c1-11(9-16-17(2,13)14)8-15-10-12-6-4-3-5-7-12/h3-7,11H,8-10H2,1-2H3. The molecule has 0 N–H and O–H groups in total. The van der Waals surface area contributed by atoms with E-state index in [0.29, 0.717) is 13.2 Å². The van der Waals surface area contributed by atoms with Crippen molar-refractivity contribution in [3.63, 3.8) is 0 Å². The summed E-state index contributed by atoms with van der Waals surface area (Å²) in [6.07, 6.45) is 1.05. The van der Waals surface area contributed by atoms with Gasteiger partial charge >= 0.3 is 0 Å². The zero-order chi connectivity index (χ0) is 12.7. The van der Waals surface area contributed by atoms with Crippen molar-refractivity contribution in [2.45, 2.75) is 13.5 Å². The van der Waals surface area contributed by atoms with Crippen LogP contribution in [0.4, 0.5) is 0 Å². The maximum Gasteiger partial charge on any atom is 0.264 e. The minimum Gasteiger partial charge on any atom is -0.376 e. The van der Waals surface area contributed by atoms with Crippen LogP contribution in [-0.4, -0.2) is 27.9 Å². The molecule has 1 atom stereocenters. The van der Waals surface area contributed by atoms with Crippen LogP contribution in [-0.2, 0) is 25.6 Å². The van der Waals surface area contributed by atoms with Gasteiger partial charge < -0.3 is 4.74 Å². The quantitative estimate of drug-likeness (QED) is 0.700. The summed E-state index contributed by atoms with van der Waals surface area (Å²) in [6.45, 7) is 3.05. The molecule has 4 nitrogen and oxygen atoms in total. The predicted molar refractivity (Wildman–Crippen MR) is 66.1 cm³/mol. The van der Waals surface area contributed by atoms with E-state index in [-0.39, 0.29) is 12.5 Å². The summed E-state index contributed by atoms with van der Waals surface area (Å²) in [5, 5.41) is 0. The molecule has 5 heteroatoms. The Labute approximate surface area is 103 Å². The van der Waals surface area contributed by atoms with Gasteiger partial charge in [-0.05, 0) is 5.56 Å². The molecule has 1 aromatic carbocycles. The van der Waals surface area contributed by atoms with Crippen molar-refractivity contribution in [2.75, 3.05) is 19.5 Å². The van der Waals surface area contributed by atoms with E-state index in [0.717, 1.165) is 11.8 Å². The topological polar surface area (TPSA) is 52.6 Å². The van der Waals surface area contributed by atoms with Gasteiger partial charge in [0.25, 0.3) is 10.1 Å². The van der Waals surface area contributed by atoms with Crippen LogP contribution in [0.2, 0.25) is 0 Å². The van der Waals surface area contributed by atoms with E-state index in [9.17, 15) is 8.42 Å². The van der Waals surface area contributed by atoms with Crippen LogP contribution in [0.25, 0.3) is 0 Å². The van der Waals surface area contributed by atoms with Crippen LogP contribution >= 0.6 is 0 Å². The molecular formula is C12H18O4S. The smallest absolute Gasteiger partial charge is 0.264 e. The third kappa shape index (κ3) is 7.10. The summed E-state index contributed by atoms with van der Waals surface area (Å²) >= 11 is 0. The monoisotopic (exact) mass is 258 g/mol. The summed E-state index contributed by atoms with van der Waals surface area (Å²) in [6, 6.07) is 9.82. The Morgan fingerprint density at radius 3 is 2.41 bits per heavy atom. The second kappa shape index (κ2) is 6.74. The number of rotatable bonds is 7. The van der Waals surface area contributed by atoms with Crippen LogP contribution < -0.4 is 0 Å². The van der Waals surface area contributed by atoms with Gasteiger partial charge in [-0.3, -0.25) is 4.18 Å². The molecule has 0 heterocycles. The summed E-state index contributed by atoms with van der Waals surface area (Å²) in [5.74, 6) is 0.0495. The van der Waals surface area contributed by atoms with Crippen LogP contribution in [0.1, 0.15) is 12.5 Å². The molecule has 0 amide bonds. The SMILES string of the molecule is CC(COCc1ccccc1)COS(C)(=O)=O. The van der Waals surface area contributed by atoms with Gasteiger partial charge in [0.1, 0.15) is 0 Å². The third-order valence-electron chi connectivity index (χ3n) is 2.08. The molecule has 1 aromatic rings. The lowest BCUT2D eigenvalue weighted by Gasteiger charge is -2.11. The summed E-state index contributed by atoms with van der Waals surface area (Å²) in [4.78, 5) is 0. The number of hydrogen-bond donors (Lipinski definition) is 0. The van der Waals surface area contributed by atoms with Gasteiger partial charge in [0.05, 0.1) is 26.1 Å². The average Bonchev–Trinajstić information content (AvgIpc) is 2.27. The van der Waals surface area contributed by atoms with Crippen LogP contribution in [0.5, 0.6) is 0 Å². The van der Waals surface area contributed by atoms with E-state index in [1.165, 1.54) is 0 Å². The Morgan fingerprint density at radius 1 is 1.18 bits per heavy atom. The molecular weight excluding hydrogens is 240 g/mol. The van der Waals surface area contributed by atoms with Crippen molar-refractivity contribution < 1.29 is 17.3 Å². The first kappa shape index (κ1) is 14.2. The van der Waals surface area contributed by atoms with E-state index < -0.39 is 10.1 Å². The molecule has 0 aliphatic heterocycles. The number of hydrogen-bond acceptors (Lipinski definition) is 4. The minimum absolute atomic E-state index is 0.0495. The maximum atomic E-state index is 10.8. The molecule has 0 aliphatic rings. The summed E-state index contributed by atoms with van der Waals surface area (Å²) in [7, 11) is -3.35. The molecule has 0 fully saturated rings. The van der Waals surface area contributed by atoms with Gasteiger partial charge in [-0.15, -0.1) is 0 Å². The van der Waals surface area contributed by atoms with Crippen LogP contribution in [0.3, 0.4) is 0 Å². The Morgan fingerprint density at radius 2 is 1.82 bits per heavy atom. The Balaban J connectivity index is 2.18. The molecule has 0 bridgehead atoms. The Hall–Kier alpha value is -0.910. The highest BCUT2D eigenvalue weighted by Gasteiger charge is 2.07. The molecule has 0 radical (unpaired) electrons. The number of ether oxygens (including phenoxy) is 1. The van der Waals surface area contributed by atoms with Gasteiger partial charge in [0.2, 0.25) is 0 Å². The van der Waals surface area contributed by atoms with E-state index in [2.05, 4.69) is 4.18 Å². The van der Waals surface area contributed by atoms with Crippen LogP contribution in [0, 0.1) is 5.92 Å². The first-order chi connectivity index (χ1) is 7.97. The minimum atomic E-state index is -3.35. The van der Waals surface area contributed by atoms with Crippen LogP contribution in [0.15, 0.2) is 30.3 Å². The molecule has 0 saturated heterocycles. The van der Waals surface area contributed by atoms with Gasteiger partial charge in [0, 0.05) is 5.92 Å². The molecule has 1 rings (SSSR count). The molecule has 0 spiro atoms. The normalized spacial score (nSPS) is 13.5. The zero-order valence-corrected chi connectivity index (χ0v) is 10.9. The number of benzene rings is 1. The summed E-state index contributed by atoms with van der Waals surface area (Å²) < 4.78 is 31.7. The highest BCUT2D eigenvalue weighted by molar-refractivity contribution is 7.85.